The summed E-state index contributed by atoms with van der Waals surface area (Å²) < 4.78 is 6.49. The van der Waals surface area contributed by atoms with Gasteiger partial charge in [-0.25, -0.2) is 4.68 Å². The number of nitrogens with zero attached hydrogens (tertiary/aromatic N) is 4. The van der Waals surface area contributed by atoms with Crippen LogP contribution >= 0.6 is 0 Å². The topological polar surface area (TPSA) is 93.3 Å². The lowest BCUT2D eigenvalue weighted by Gasteiger charge is -2.33. The molecule has 1 saturated heterocycles. The Morgan fingerprint density at radius 1 is 1.25 bits per heavy atom. The molecule has 1 amide bonds. The molecule has 0 bridgehead atoms. The van der Waals surface area contributed by atoms with Gasteiger partial charge in [-0.15, -0.1) is 0 Å². The second-order valence-electron chi connectivity index (χ2n) is 7.76. The Bertz CT molecular complexity index is 873. The molecule has 3 rings (SSSR count). The van der Waals surface area contributed by atoms with Gasteiger partial charge in [0.25, 0.3) is 5.56 Å². The maximum Gasteiger partial charge on any atom is 0.296 e. The lowest BCUT2D eigenvalue weighted by molar-refractivity contribution is -0.121. The van der Waals surface area contributed by atoms with E-state index >= 15 is 0 Å². The Balaban J connectivity index is 1.40. The van der Waals surface area contributed by atoms with Crippen LogP contribution in [0.5, 0.6) is 0 Å². The molecule has 8 nitrogen and oxygen atoms in total. The molecule has 0 aliphatic carbocycles. The van der Waals surface area contributed by atoms with Gasteiger partial charge >= 0.3 is 0 Å². The zero-order chi connectivity index (χ0) is 20.1. The second-order valence-corrected chi connectivity index (χ2v) is 7.76. The van der Waals surface area contributed by atoms with E-state index in [4.69, 9.17) is 4.52 Å². The molecule has 154 valence electrons. The summed E-state index contributed by atoms with van der Waals surface area (Å²) in [6, 6.07) is 0.657. The van der Waals surface area contributed by atoms with Crippen molar-refractivity contribution in [2.75, 3.05) is 19.6 Å². The van der Waals surface area contributed by atoms with Crippen molar-refractivity contribution < 1.29 is 9.32 Å². The predicted molar refractivity (Wildman–Crippen MR) is 107 cm³/mol. The van der Waals surface area contributed by atoms with Crippen LogP contribution < -0.4 is 10.9 Å². The normalized spacial score (nSPS) is 17.9. The van der Waals surface area contributed by atoms with Crippen LogP contribution in [0.2, 0.25) is 0 Å². The van der Waals surface area contributed by atoms with Gasteiger partial charge in [0.1, 0.15) is 5.76 Å². The third-order valence-corrected chi connectivity index (χ3v) is 5.59. The molecule has 1 fully saturated rings. The quantitative estimate of drug-likeness (QED) is 0.696. The van der Waals surface area contributed by atoms with E-state index in [1.807, 2.05) is 6.92 Å². The van der Waals surface area contributed by atoms with E-state index in [2.05, 4.69) is 27.4 Å². The highest BCUT2D eigenvalue weighted by Crippen LogP contribution is 2.17. The fourth-order valence-corrected chi connectivity index (χ4v) is 3.97. The number of piperidine rings is 1. The lowest BCUT2D eigenvalue weighted by atomic mass is 10.0. The zero-order valence-electron chi connectivity index (χ0n) is 17.2. The highest BCUT2D eigenvalue weighted by molar-refractivity contribution is 5.81. The summed E-state index contributed by atoms with van der Waals surface area (Å²) in [5.41, 5.74) is 0.750. The van der Waals surface area contributed by atoms with Gasteiger partial charge < -0.3 is 14.7 Å². The first-order valence-electron chi connectivity index (χ1n) is 10.3. The average Bonchev–Trinajstić information content (AvgIpc) is 3.06. The number of aryl methyl sites for hydroxylation is 3. The Morgan fingerprint density at radius 2 is 2.07 bits per heavy atom. The maximum atomic E-state index is 12.4. The number of nitrogens with one attached hydrogen (secondary N) is 1. The van der Waals surface area contributed by atoms with Crippen LogP contribution in [0.3, 0.4) is 0 Å². The molecule has 1 unspecified atom stereocenters. The summed E-state index contributed by atoms with van der Waals surface area (Å²) in [6.45, 7) is 9.18. The van der Waals surface area contributed by atoms with Gasteiger partial charge in [-0.2, -0.15) is 5.10 Å². The molecule has 0 aromatic carbocycles. The van der Waals surface area contributed by atoms with Crippen LogP contribution in [0.1, 0.15) is 56.9 Å². The number of hydrogen-bond donors (Lipinski definition) is 1. The average molecular weight is 390 g/mol. The number of amides is 1. The van der Waals surface area contributed by atoms with Gasteiger partial charge in [-0.05, 0) is 53.0 Å². The lowest BCUT2D eigenvalue weighted by Crippen LogP contribution is -2.39. The molecule has 2 aromatic rings. The molecular formula is C20H31N5O3. The SMILES string of the molecule is Cc1nn(CCCC(=O)NCCCN2CCCCC2C)c(=O)c2noc(C)c12. The van der Waals surface area contributed by atoms with Crippen molar-refractivity contribution in [3.63, 3.8) is 0 Å². The monoisotopic (exact) mass is 389 g/mol. The van der Waals surface area contributed by atoms with Gasteiger partial charge in [0.2, 0.25) is 5.91 Å². The molecule has 0 spiro atoms. The molecule has 2 aromatic heterocycles. The number of aromatic nitrogens is 3. The third-order valence-electron chi connectivity index (χ3n) is 5.59. The minimum atomic E-state index is -0.270. The molecule has 1 N–H and O–H groups in total. The van der Waals surface area contributed by atoms with Crippen LogP contribution in [0, 0.1) is 13.8 Å². The third kappa shape index (κ3) is 4.79. The van der Waals surface area contributed by atoms with E-state index in [1.165, 1.54) is 30.5 Å². The van der Waals surface area contributed by atoms with E-state index in [9.17, 15) is 9.59 Å². The number of likely N-dealkylation sites (tertiary alicyclic amines) is 1. The Labute approximate surface area is 165 Å². The minimum Gasteiger partial charge on any atom is -0.360 e. The van der Waals surface area contributed by atoms with Crippen molar-refractivity contribution in [1.29, 1.82) is 0 Å². The summed E-state index contributed by atoms with van der Waals surface area (Å²) in [5.74, 6) is 0.623. The van der Waals surface area contributed by atoms with Crippen molar-refractivity contribution in [3.05, 3.63) is 21.8 Å². The molecule has 1 aliphatic heterocycles. The molecule has 0 saturated carbocycles. The zero-order valence-corrected chi connectivity index (χ0v) is 17.2. The van der Waals surface area contributed by atoms with E-state index in [0.717, 1.165) is 13.0 Å². The Kier molecular flexibility index (Phi) is 6.83. The fraction of sp³-hybridized carbons (Fsp3) is 0.700. The number of rotatable bonds is 8. The largest absolute Gasteiger partial charge is 0.360 e. The molecule has 28 heavy (non-hydrogen) atoms. The smallest absolute Gasteiger partial charge is 0.296 e. The number of hydrogen-bond acceptors (Lipinski definition) is 6. The van der Waals surface area contributed by atoms with E-state index in [-0.39, 0.29) is 11.5 Å². The van der Waals surface area contributed by atoms with Crippen LogP contribution in [0.25, 0.3) is 10.9 Å². The summed E-state index contributed by atoms with van der Waals surface area (Å²) in [6.07, 6.45) is 5.79. The molecule has 0 radical (unpaired) electrons. The Morgan fingerprint density at radius 3 is 2.86 bits per heavy atom. The van der Waals surface area contributed by atoms with Gasteiger partial charge in [0.05, 0.1) is 11.1 Å². The molecule has 1 atom stereocenters. The van der Waals surface area contributed by atoms with Crippen LogP contribution in [0.15, 0.2) is 9.32 Å². The Hall–Kier alpha value is -2.22. The molecule has 1 aliphatic rings. The molecule has 8 heteroatoms. The summed E-state index contributed by atoms with van der Waals surface area (Å²) in [7, 11) is 0. The molecular weight excluding hydrogens is 358 g/mol. The van der Waals surface area contributed by atoms with Crippen molar-refractivity contribution in [3.8, 4) is 0 Å². The van der Waals surface area contributed by atoms with Crippen molar-refractivity contribution in [1.82, 2.24) is 25.2 Å². The van der Waals surface area contributed by atoms with E-state index < -0.39 is 0 Å². The van der Waals surface area contributed by atoms with Crippen molar-refractivity contribution in [2.45, 2.75) is 71.9 Å². The summed E-state index contributed by atoms with van der Waals surface area (Å²) in [5, 5.41) is 11.8. The first-order valence-corrected chi connectivity index (χ1v) is 10.3. The standard InChI is InChI=1S/C20H31N5O3/c1-14-8-4-5-11-24(14)12-7-10-21-17(26)9-6-13-25-20(27)19-18(15(2)22-25)16(3)28-23-19/h14H,4-13H2,1-3H3,(H,21,26). The number of carbonyl (C=O) groups is 1. The highest BCUT2D eigenvalue weighted by Gasteiger charge is 2.17. The summed E-state index contributed by atoms with van der Waals surface area (Å²) >= 11 is 0. The molecule has 3 heterocycles. The predicted octanol–water partition coefficient (Wildman–Crippen LogP) is 2.16. The first kappa shape index (κ1) is 20.5. The number of carbonyl (C=O) groups excluding carboxylic acids is 1. The minimum absolute atomic E-state index is 0.0230. The second kappa shape index (κ2) is 9.32. The maximum absolute atomic E-state index is 12.4. The van der Waals surface area contributed by atoms with E-state index in [1.54, 1.807) is 6.92 Å². The van der Waals surface area contributed by atoms with Crippen LogP contribution in [-0.2, 0) is 11.3 Å². The van der Waals surface area contributed by atoms with Crippen molar-refractivity contribution in [2.24, 2.45) is 0 Å². The van der Waals surface area contributed by atoms with Gasteiger partial charge in [-0.1, -0.05) is 11.6 Å². The first-order chi connectivity index (χ1) is 13.5. The van der Waals surface area contributed by atoms with Gasteiger partial charge in [0.15, 0.2) is 5.52 Å². The highest BCUT2D eigenvalue weighted by atomic mass is 16.5. The van der Waals surface area contributed by atoms with Gasteiger partial charge in [0, 0.05) is 32.1 Å². The fourth-order valence-electron chi connectivity index (χ4n) is 3.97. The van der Waals surface area contributed by atoms with Crippen LogP contribution in [-0.4, -0.2) is 51.4 Å². The van der Waals surface area contributed by atoms with E-state index in [0.29, 0.717) is 54.3 Å². The number of fused-ring (bicyclic) bond motifs is 1. The summed E-state index contributed by atoms with van der Waals surface area (Å²) in [4.78, 5) is 27.0. The van der Waals surface area contributed by atoms with Gasteiger partial charge in [-0.3, -0.25) is 9.59 Å². The van der Waals surface area contributed by atoms with Crippen LogP contribution in [0.4, 0.5) is 0 Å². The van der Waals surface area contributed by atoms with Crippen molar-refractivity contribution >= 4 is 16.8 Å².